The molecular formula is C25H37N5O4. The maximum Gasteiger partial charge on any atom is 0.326 e. The van der Waals surface area contributed by atoms with Gasteiger partial charge in [-0.15, -0.1) is 0 Å². The summed E-state index contributed by atoms with van der Waals surface area (Å²) in [5.74, 6) is -1.22. The summed E-state index contributed by atoms with van der Waals surface area (Å²) < 4.78 is 0. The fraction of sp³-hybridized carbons (Fsp3) is 0.520. The number of carboxylic acid groups (broad SMARTS) is 1. The number of nitrogens with two attached hydrogens (primary N) is 3. The number of primary amides is 1. The number of rotatable bonds is 10. The largest absolute Gasteiger partial charge is 0.480 e. The van der Waals surface area contributed by atoms with Gasteiger partial charge < -0.3 is 27.6 Å². The van der Waals surface area contributed by atoms with Crippen molar-refractivity contribution < 1.29 is 19.5 Å². The van der Waals surface area contributed by atoms with E-state index in [1.54, 1.807) is 6.07 Å². The lowest BCUT2D eigenvalue weighted by Gasteiger charge is -2.24. The van der Waals surface area contributed by atoms with Gasteiger partial charge in [0.05, 0.1) is 17.1 Å². The zero-order valence-corrected chi connectivity index (χ0v) is 19.6. The molecule has 1 heterocycles. The minimum atomic E-state index is -0.981. The van der Waals surface area contributed by atoms with Crippen molar-refractivity contribution in [3.8, 4) is 0 Å². The molecule has 8 N–H and O–H groups in total. The number of aliphatic carboxylic acids is 1. The lowest BCUT2D eigenvalue weighted by atomic mass is 9.85. The second kappa shape index (κ2) is 14.3. The van der Waals surface area contributed by atoms with E-state index in [1.165, 1.54) is 38.3 Å². The number of nitrogens with one attached hydrogen (secondary N) is 1. The zero-order valence-electron chi connectivity index (χ0n) is 19.6. The average Bonchev–Trinajstić information content (AvgIpc) is 2.85. The number of carboxylic acids is 1. The van der Waals surface area contributed by atoms with Gasteiger partial charge in [-0.3, -0.25) is 14.6 Å². The number of nitrogens with zero attached hydrogens (tertiary/aromatic N) is 1. The molecule has 2 aromatic rings. The van der Waals surface area contributed by atoms with Gasteiger partial charge in [0.2, 0.25) is 11.8 Å². The summed E-state index contributed by atoms with van der Waals surface area (Å²) in [6, 6.07) is 7.82. The van der Waals surface area contributed by atoms with Crippen LogP contribution in [0.2, 0.25) is 0 Å². The van der Waals surface area contributed by atoms with E-state index in [9.17, 15) is 19.5 Å². The van der Waals surface area contributed by atoms with Crippen LogP contribution in [0.5, 0.6) is 0 Å². The van der Waals surface area contributed by atoms with Crippen LogP contribution >= 0.6 is 0 Å². The lowest BCUT2D eigenvalue weighted by Crippen LogP contribution is -2.48. The predicted octanol–water partition coefficient (Wildman–Crippen LogP) is 2.32. The fourth-order valence-electron chi connectivity index (χ4n) is 4.09. The van der Waals surface area contributed by atoms with Gasteiger partial charge in [-0.25, -0.2) is 4.79 Å². The second-order valence-corrected chi connectivity index (χ2v) is 8.80. The number of para-hydroxylation sites is 1. The molecule has 0 saturated heterocycles. The summed E-state index contributed by atoms with van der Waals surface area (Å²) >= 11 is 0. The van der Waals surface area contributed by atoms with Crippen LogP contribution < -0.4 is 22.5 Å². The second-order valence-electron chi connectivity index (χ2n) is 8.80. The lowest BCUT2D eigenvalue weighted by molar-refractivity contribution is -0.142. The molecule has 0 spiro atoms. The monoisotopic (exact) mass is 471 g/mol. The first-order valence-corrected chi connectivity index (χ1v) is 11.9. The number of aromatic nitrogens is 1. The quantitative estimate of drug-likeness (QED) is 0.353. The van der Waals surface area contributed by atoms with E-state index in [0.717, 1.165) is 17.3 Å². The van der Waals surface area contributed by atoms with E-state index in [0.29, 0.717) is 37.3 Å². The van der Waals surface area contributed by atoms with Gasteiger partial charge in [0.1, 0.15) is 6.04 Å². The number of hydrogen-bond donors (Lipinski definition) is 5. The van der Waals surface area contributed by atoms with Crippen molar-refractivity contribution in [3.63, 3.8) is 0 Å². The smallest absolute Gasteiger partial charge is 0.326 e. The predicted molar refractivity (Wildman–Crippen MR) is 132 cm³/mol. The molecule has 9 nitrogen and oxygen atoms in total. The van der Waals surface area contributed by atoms with E-state index >= 15 is 0 Å². The van der Waals surface area contributed by atoms with E-state index in [2.05, 4.69) is 10.3 Å². The van der Waals surface area contributed by atoms with Crippen molar-refractivity contribution in [3.05, 3.63) is 42.1 Å². The number of amides is 2. The summed E-state index contributed by atoms with van der Waals surface area (Å²) in [6.45, 7) is 0.477. The highest BCUT2D eigenvalue weighted by atomic mass is 16.4. The number of carbonyl (C=O) groups excluding carboxylic acids is 2. The van der Waals surface area contributed by atoms with E-state index < -0.39 is 24.0 Å². The van der Waals surface area contributed by atoms with E-state index in [-0.39, 0.29) is 5.91 Å². The van der Waals surface area contributed by atoms with Crippen molar-refractivity contribution in [1.82, 2.24) is 10.3 Å². The van der Waals surface area contributed by atoms with Gasteiger partial charge in [0, 0.05) is 11.6 Å². The summed E-state index contributed by atoms with van der Waals surface area (Å²) in [4.78, 5) is 38.1. The van der Waals surface area contributed by atoms with Gasteiger partial charge in [0.15, 0.2) is 0 Å². The third-order valence-corrected chi connectivity index (χ3v) is 6.13. The number of carbonyl (C=O) groups is 3. The summed E-state index contributed by atoms with van der Waals surface area (Å²) in [5.41, 5.74) is 17.5. The van der Waals surface area contributed by atoms with Gasteiger partial charge in [-0.05, 0) is 50.3 Å². The normalized spacial score (nSPS) is 15.6. The highest BCUT2D eigenvalue weighted by Gasteiger charge is 2.24. The molecule has 186 valence electrons. The van der Waals surface area contributed by atoms with Crippen LogP contribution in [0.4, 0.5) is 0 Å². The Morgan fingerprint density at radius 2 is 1.82 bits per heavy atom. The van der Waals surface area contributed by atoms with E-state index in [4.69, 9.17) is 17.2 Å². The van der Waals surface area contributed by atoms with Gasteiger partial charge in [0.25, 0.3) is 0 Å². The molecule has 2 atom stereocenters. The van der Waals surface area contributed by atoms with Crippen LogP contribution in [-0.4, -0.2) is 46.5 Å². The SMILES string of the molecule is NC(=O)c1cnc2ccccc2c1.NCCC[C@@H](N)C(=O)N[C@@H](CCC1CCCCC1)C(=O)O. The Labute approximate surface area is 200 Å². The number of benzene rings is 1. The average molecular weight is 472 g/mol. The van der Waals surface area contributed by atoms with Crippen molar-refractivity contribution in [2.24, 2.45) is 23.1 Å². The minimum absolute atomic E-state index is 0.389. The Morgan fingerprint density at radius 3 is 2.47 bits per heavy atom. The van der Waals surface area contributed by atoms with Gasteiger partial charge in [-0.2, -0.15) is 0 Å². The first-order valence-electron chi connectivity index (χ1n) is 11.9. The highest BCUT2D eigenvalue weighted by molar-refractivity contribution is 5.96. The Morgan fingerprint density at radius 1 is 1.12 bits per heavy atom. The van der Waals surface area contributed by atoms with Crippen molar-refractivity contribution >= 4 is 28.7 Å². The van der Waals surface area contributed by atoms with Gasteiger partial charge >= 0.3 is 5.97 Å². The molecule has 34 heavy (non-hydrogen) atoms. The van der Waals surface area contributed by atoms with Crippen LogP contribution in [0.25, 0.3) is 10.9 Å². The number of fused-ring (bicyclic) bond motifs is 1. The van der Waals surface area contributed by atoms with Crippen LogP contribution in [0.1, 0.15) is 68.1 Å². The molecular weight excluding hydrogens is 434 g/mol. The van der Waals surface area contributed by atoms with Gasteiger partial charge in [-0.1, -0.05) is 50.3 Å². The molecule has 1 aliphatic rings. The number of pyridine rings is 1. The first kappa shape index (κ1) is 27.2. The Hall–Kier alpha value is -3.04. The molecule has 0 radical (unpaired) electrons. The molecule has 1 aromatic heterocycles. The standard InChI is InChI=1S/C15H29N3O3.C10H8N2O/c16-10-4-7-12(17)14(19)18-13(15(20)21)9-8-11-5-2-1-3-6-11;11-10(13)8-5-7-3-1-2-4-9(7)12-6-8/h11-13H,1-10,16-17H2,(H,18,19)(H,20,21);1-6H,(H2,11,13)/t12-,13+;/m1./s1. The van der Waals surface area contributed by atoms with Crippen molar-refractivity contribution in [2.75, 3.05) is 6.54 Å². The summed E-state index contributed by atoms with van der Waals surface area (Å²) in [5, 5.41) is 12.7. The Bertz CT molecular complexity index is 946. The van der Waals surface area contributed by atoms with Crippen LogP contribution in [-0.2, 0) is 9.59 Å². The van der Waals surface area contributed by atoms with Crippen LogP contribution in [0, 0.1) is 5.92 Å². The molecule has 1 aliphatic carbocycles. The maximum atomic E-state index is 11.9. The molecule has 1 aromatic carbocycles. The molecule has 1 saturated carbocycles. The Kier molecular flexibility index (Phi) is 11.4. The maximum absolute atomic E-state index is 11.9. The van der Waals surface area contributed by atoms with Crippen molar-refractivity contribution in [2.45, 2.75) is 69.9 Å². The molecule has 1 fully saturated rings. The fourth-order valence-corrected chi connectivity index (χ4v) is 4.09. The molecule has 0 bridgehead atoms. The van der Waals surface area contributed by atoms with Crippen LogP contribution in [0.3, 0.4) is 0 Å². The summed E-state index contributed by atoms with van der Waals surface area (Å²) in [7, 11) is 0. The third kappa shape index (κ3) is 9.07. The molecule has 2 amide bonds. The molecule has 3 rings (SSSR count). The summed E-state index contributed by atoms with van der Waals surface area (Å²) in [6.07, 6.45) is 10.1. The molecule has 9 heteroatoms. The first-order chi connectivity index (χ1) is 16.3. The van der Waals surface area contributed by atoms with E-state index in [1.807, 2.05) is 24.3 Å². The zero-order chi connectivity index (χ0) is 24.9. The third-order valence-electron chi connectivity index (χ3n) is 6.13. The van der Waals surface area contributed by atoms with Crippen molar-refractivity contribution in [1.29, 1.82) is 0 Å². The molecule has 0 unspecified atom stereocenters. The number of hydrogen-bond acceptors (Lipinski definition) is 6. The minimum Gasteiger partial charge on any atom is -0.480 e. The Balaban J connectivity index is 0.000000266. The topological polar surface area (TPSA) is 174 Å². The van der Waals surface area contributed by atoms with Crippen LogP contribution in [0.15, 0.2) is 36.5 Å². The highest BCUT2D eigenvalue weighted by Crippen LogP contribution is 2.27. The molecule has 0 aliphatic heterocycles.